The molecule has 98 valence electrons. The van der Waals surface area contributed by atoms with Crippen LogP contribution < -0.4 is 0 Å². The molecule has 0 amide bonds. The Labute approximate surface area is 105 Å². The fourth-order valence-electron chi connectivity index (χ4n) is 2.36. The second-order valence-corrected chi connectivity index (χ2v) is 5.29. The van der Waals surface area contributed by atoms with Gasteiger partial charge in [-0.05, 0) is 33.2 Å². The number of aromatic amines is 1. The largest absolute Gasteiger partial charge is 0.353 e. The zero-order chi connectivity index (χ0) is 13.3. The van der Waals surface area contributed by atoms with Crippen LogP contribution in [0, 0.1) is 10.1 Å². The average molecular weight is 251 g/mol. The van der Waals surface area contributed by atoms with Crippen LogP contribution in [0.2, 0.25) is 0 Å². The molecule has 2 heterocycles. The van der Waals surface area contributed by atoms with Crippen molar-refractivity contribution in [2.24, 2.45) is 0 Å². The lowest BCUT2D eigenvalue weighted by Crippen LogP contribution is -2.41. The van der Waals surface area contributed by atoms with Crippen LogP contribution in [-0.2, 0) is 0 Å². The fraction of sp³-hybridized carbons (Fsp3) is 0.583. The Hall–Kier alpha value is -1.69. The number of likely N-dealkylation sites (tertiary alicyclic amines) is 1. The summed E-state index contributed by atoms with van der Waals surface area (Å²) in [6, 6.07) is 1.30. The van der Waals surface area contributed by atoms with E-state index in [9.17, 15) is 14.9 Å². The number of nitrogens with one attached hydrogen (secondary N) is 1. The van der Waals surface area contributed by atoms with Gasteiger partial charge < -0.3 is 4.98 Å². The third kappa shape index (κ3) is 2.43. The van der Waals surface area contributed by atoms with Crippen molar-refractivity contribution in [3.05, 3.63) is 28.1 Å². The zero-order valence-corrected chi connectivity index (χ0v) is 10.6. The van der Waals surface area contributed by atoms with E-state index in [1.807, 2.05) is 0 Å². The summed E-state index contributed by atoms with van der Waals surface area (Å²) in [6.07, 6.45) is 3.42. The van der Waals surface area contributed by atoms with Gasteiger partial charge >= 0.3 is 0 Å². The summed E-state index contributed by atoms with van der Waals surface area (Å²) in [5.74, 6) is -0.0990. The van der Waals surface area contributed by atoms with Crippen LogP contribution in [0.1, 0.15) is 37.2 Å². The van der Waals surface area contributed by atoms with Gasteiger partial charge in [-0.25, -0.2) is 0 Å². The Morgan fingerprint density at radius 1 is 1.61 bits per heavy atom. The van der Waals surface area contributed by atoms with Gasteiger partial charge in [0.2, 0.25) is 0 Å². The number of hydrogen-bond donors (Lipinski definition) is 1. The standard InChI is InChI=1S/C12H17N3O3/c1-12(2)4-3-5-14(12)8-11(16)10-6-9(7-13-10)15(17)18/h6-7,13H,3-5,8H2,1-2H3. The lowest BCUT2D eigenvalue weighted by Gasteiger charge is -2.30. The second kappa shape index (κ2) is 4.53. The van der Waals surface area contributed by atoms with Crippen LogP contribution in [0.25, 0.3) is 0 Å². The van der Waals surface area contributed by atoms with E-state index in [4.69, 9.17) is 0 Å². The summed E-state index contributed by atoms with van der Waals surface area (Å²) in [5.41, 5.74) is 0.275. The lowest BCUT2D eigenvalue weighted by atomic mass is 10.0. The molecule has 1 N–H and O–H groups in total. The molecule has 1 aliphatic rings. The first-order valence-electron chi connectivity index (χ1n) is 6.01. The van der Waals surface area contributed by atoms with Gasteiger partial charge in [0.05, 0.1) is 23.4 Å². The van der Waals surface area contributed by atoms with E-state index in [2.05, 4.69) is 23.7 Å². The molecule has 0 aromatic carbocycles. The van der Waals surface area contributed by atoms with E-state index in [0.29, 0.717) is 12.2 Å². The number of nitro groups is 1. The monoisotopic (exact) mass is 251 g/mol. The molecule has 2 rings (SSSR count). The molecule has 1 fully saturated rings. The van der Waals surface area contributed by atoms with Gasteiger partial charge in [-0.1, -0.05) is 0 Å². The fourth-order valence-corrected chi connectivity index (χ4v) is 2.36. The number of nitrogens with zero attached hydrogens (tertiary/aromatic N) is 2. The molecule has 0 bridgehead atoms. The summed E-state index contributed by atoms with van der Waals surface area (Å²) in [6.45, 7) is 5.45. The van der Waals surface area contributed by atoms with Crippen molar-refractivity contribution in [2.75, 3.05) is 13.1 Å². The predicted octanol–water partition coefficient (Wildman–Crippen LogP) is 1.98. The van der Waals surface area contributed by atoms with Crippen LogP contribution in [0.5, 0.6) is 0 Å². The Morgan fingerprint density at radius 3 is 2.83 bits per heavy atom. The molecule has 1 aliphatic heterocycles. The minimum atomic E-state index is -0.507. The Morgan fingerprint density at radius 2 is 2.33 bits per heavy atom. The third-order valence-corrected chi connectivity index (χ3v) is 3.59. The van der Waals surface area contributed by atoms with Crippen molar-refractivity contribution in [3.8, 4) is 0 Å². The Bertz CT molecular complexity index is 479. The summed E-state index contributed by atoms with van der Waals surface area (Å²) >= 11 is 0. The molecule has 18 heavy (non-hydrogen) atoms. The number of H-pyrrole nitrogens is 1. The topological polar surface area (TPSA) is 79.2 Å². The number of aromatic nitrogens is 1. The third-order valence-electron chi connectivity index (χ3n) is 3.59. The van der Waals surface area contributed by atoms with Crippen molar-refractivity contribution in [1.29, 1.82) is 0 Å². The van der Waals surface area contributed by atoms with E-state index in [1.165, 1.54) is 12.3 Å². The molecule has 0 spiro atoms. The SMILES string of the molecule is CC1(C)CCCN1CC(=O)c1cc([N+](=O)[O-])c[nH]1. The first-order valence-corrected chi connectivity index (χ1v) is 6.01. The number of Topliss-reactive ketones (excluding diaryl/α,β-unsaturated/α-hetero) is 1. The average Bonchev–Trinajstić information content (AvgIpc) is 2.86. The first-order chi connectivity index (χ1) is 8.40. The summed E-state index contributed by atoms with van der Waals surface area (Å²) in [7, 11) is 0. The highest BCUT2D eigenvalue weighted by atomic mass is 16.6. The van der Waals surface area contributed by atoms with E-state index in [-0.39, 0.29) is 17.0 Å². The van der Waals surface area contributed by atoms with Crippen molar-refractivity contribution >= 4 is 11.5 Å². The molecule has 6 heteroatoms. The first kappa shape index (κ1) is 12.8. The maximum atomic E-state index is 12.0. The Kier molecular flexibility index (Phi) is 3.21. The van der Waals surface area contributed by atoms with E-state index >= 15 is 0 Å². The molecule has 0 saturated carbocycles. The molecule has 1 aromatic rings. The maximum Gasteiger partial charge on any atom is 0.287 e. The van der Waals surface area contributed by atoms with E-state index in [0.717, 1.165) is 19.4 Å². The number of hydrogen-bond acceptors (Lipinski definition) is 4. The smallest absolute Gasteiger partial charge is 0.287 e. The van der Waals surface area contributed by atoms with Gasteiger partial charge in [0.15, 0.2) is 5.78 Å². The molecule has 1 saturated heterocycles. The molecule has 0 atom stereocenters. The molecule has 1 aromatic heterocycles. The molecule has 0 unspecified atom stereocenters. The summed E-state index contributed by atoms with van der Waals surface area (Å²) in [5, 5.41) is 10.5. The van der Waals surface area contributed by atoms with E-state index in [1.54, 1.807) is 0 Å². The number of carbonyl (C=O) groups is 1. The van der Waals surface area contributed by atoms with Gasteiger partial charge in [-0.2, -0.15) is 0 Å². The maximum absolute atomic E-state index is 12.0. The molecule has 0 aliphatic carbocycles. The molecule has 6 nitrogen and oxygen atoms in total. The number of rotatable bonds is 4. The van der Waals surface area contributed by atoms with Crippen LogP contribution in [-0.4, -0.2) is 39.2 Å². The molecular weight excluding hydrogens is 234 g/mol. The minimum absolute atomic E-state index is 0.0359. The van der Waals surface area contributed by atoms with Crippen molar-refractivity contribution in [1.82, 2.24) is 9.88 Å². The van der Waals surface area contributed by atoms with Gasteiger partial charge in [-0.15, -0.1) is 0 Å². The number of carbonyl (C=O) groups excluding carboxylic acids is 1. The predicted molar refractivity (Wildman–Crippen MR) is 66.7 cm³/mol. The summed E-state index contributed by atoms with van der Waals surface area (Å²) in [4.78, 5) is 26.9. The molecule has 0 radical (unpaired) electrons. The van der Waals surface area contributed by atoms with Crippen LogP contribution in [0.15, 0.2) is 12.3 Å². The summed E-state index contributed by atoms with van der Waals surface area (Å²) < 4.78 is 0. The van der Waals surface area contributed by atoms with Crippen LogP contribution in [0.4, 0.5) is 5.69 Å². The highest BCUT2D eigenvalue weighted by Gasteiger charge is 2.33. The minimum Gasteiger partial charge on any atom is -0.353 e. The Balaban J connectivity index is 2.05. The van der Waals surface area contributed by atoms with Crippen molar-refractivity contribution < 1.29 is 9.72 Å². The van der Waals surface area contributed by atoms with Gasteiger partial charge in [0.25, 0.3) is 5.69 Å². The van der Waals surface area contributed by atoms with Gasteiger partial charge in [0, 0.05) is 11.6 Å². The van der Waals surface area contributed by atoms with Crippen LogP contribution >= 0.6 is 0 Å². The van der Waals surface area contributed by atoms with Gasteiger partial charge in [-0.3, -0.25) is 19.8 Å². The second-order valence-electron chi connectivity index (χ2n) is 5.29. The van der Waals surface area contributed by atoms with E-state index < -0.39 is 4.92 Å². The lowest BCUT2D eigenvalue weighted by molar-refractivity contribution is -0.384. The highest BCUT2D eigenvalue weighted by Crippen LogP contribution is 2.28. The zero-order valence-electron chi connectivity index (χ0n) is 10.6. The normalized spacial score (nSPS) is 19.0. The highest BCUT2D eigenvalue weighted by molar-refractivity contribution is 5.96. The van der Waals surface area contributed by atoms with Crippen LogP contribution in [0.3, 0.4) is 0 Å². The number of ketones is 1. The molecular formula is C12H17N3O3. The van der Waals surface area contributed by atoms with Crippen molar-refractivity contribution in [2.45, 2.75) is 32.2 Å². The quantitative estimate of drug-likeness (QED) is 0.504. The van der Waals surface area contributed by atoms with Crippen molar-refractivity contribution in [3.63, 3.8) is 0 Å². The van der Waals surface area contributed by atoms with Gasteiger partial charge in [0.1, 0.15) is 0 Å².